The Morgan fingerprint density at radius 3 is 2.31 bits per heavy atom. The Morgan fingerprint density at radius 2 is 1.62 bits per heavy atom. The molecule has 0 saturated heterocycles. The minimum absolute atomic E-state index is 0.438. The average molecular weight is 419 g/mol. The molecule has 0 bridgehead atoms. The minimum Gasteiger partial charge on any atom is -0.253 e. The van der Waals surface area contributed by atoms with Gasteiger partial charge in [0.1, 0.15) is 5.01 Å². The van der Waals surface area contributed by atoms with Gasteiger partial charge in [-0.15, -0.1) is 22.7 Å². The first-order valence-electron chi connectivity index (χ1n) is 10.1. The average Bonchev–Trinajstić information content (AvgIpc) is 3.28. The zero-order chi connectivity index (χ0) is 20.5. The van der Waals surface area contributed by atoms with Crippen LogP contribution in [0.3, 0.4) is 0 Å². The molecule has 0 radical (unpaired) electrons. The summed E-state index contributed by atoms with van der Waals surface area (Å²) >= 11 is 3.49. The standard InChI is InChI=1S/C25H26N2S2/c1-15(2)18-10-8-11-19(16(3)4)25(18)26-13-23-27-21(14-28-23)24-17(5)29-22-12-7-6-9-20(22)24/h6-16H,1-5H3/b26-13+. The second-order valence-electron chi connectivity index (χ2n) is 7.95. The first-order valence-corrected chi connectivity index (χ1v) is 11.8. The van der Waals surface area contributed by atoms with Crippen LogP contribution in [0.5, 0.6) is 0 Å². The molecule has 2 aromatic heterocycles. The maximum absolute atomic E-state index is 4.92. The van der Waals surface area contributed by atoms with Crippen molar-refractivity contribution in [3.05, 3.63) is 68.9 Å². The van der Waals surface area contributed by atoms with E-state index in [0.29, 0.717) is 11.8 Å². The van der Waals surface area contributed by atoms with Gasteiger partial charge in [-0.3, -0.25) is 4.99 Å². The van der Waals surface area contributed by atoms with Crippen LogP contribution in [0.2, 0.25) is 0 Å². The Morgan fingerprint density at radius 1 is 0.931 bits per heavy atom. The van der Waals surface area contributed by atoms with Gasteiger partial charge in [0.2, 0.25) is 0 Å². The Bertz CT molecular complexity index is 1150. The lowest BCUT2D eigenvalue weighted by atomic mass is 9.93. The summed E-state index contributed by atoms with van der Waals surface area (Å²) in [6.07, 6.45) is 1.94. The quantitative estimate of drug-likeness (QED) is 0.299. The van der Waals surface area contributed by atoms with Crippen molar-refractivity contribution in [3.8, 4) is 11.3 Å². The van der Waals surface area contributed by atoms with Crippen molar-refractivity contribution in [1.82, 2.24) is 4.98 Å². The van der Waals surface area contributed by atoms with Crippen molar-refractivity contribution < 1.29 is 0 Å². The molecule has 0 aliphatic carbocycles. The molecule has 4 heteroatoms. The molecule has 0 N–H and O–H groups in total. The van der Waals surface area contributed by atoms with E-state index in [9.17, 15) is 0 Å². The summed E-state index contributed by atoms with van der Waals surface area (Å²) in [5.41, 5.74) is 6.00. The van der Waals surface area contributed by atoms with Crippen LogP contribution in [-0.4, -0.2) is 11.2 Å². The van der Waals surface area contributed by atoms with Crippen LogP contribution in [0, 0.1) is 6.92 Å². The molecule has 0 atom stereocenters. The molecule has 4 rings (SSSR count). The van der Waals surface area contributed by atoms with Crippen molar-refractivity contribution in [2.24, 2.45) is 4.99 Å². The predicted octanol–water partition coefficient (Wildman–Crippen LogP) is 8.33. The van der Waals surface area contributed by atoms with Gasteiger partial charge >= 0.3 is 0 Å². The summed E-state index contributed by atoms with van der Waals surface area (Å²) in [4.78, 5) is 11.1. The molecule has 148 valence electrons. The highest BCUT2D eigenvalue weighted by molar-refractivity contribution is 7.19. The molecule has 2 heterocycles. The van der Waals surface area contributed by atoms with Crippen LogP contribution in [-0.2, 0) is 0 Å². The molecule has 0 aliphatic rings. The number of aromatic nitrogens is 1. The molecular weight excluding hydrogens is 392 g/mol. The van der Waals surface area contributed by atoms with Gasteiger partial charge in [-0.2, -0.15) is 0 Å². The van der Waals surface area contributed by atoms with Gasteiger partial charge in [0.25, 0.3) is 0 Å². The van der Waals surface area contributed by atoms with Crippen LogP contribution < -0.4 is 0 Å². The van der Waals surface area contributed by atoms with Crippen molar-refractivity contribution in [3.63, 3.8) is 0 Å². The number of hydrogen-bond donors (Lipinski definition) is 0. The number of benzene rings is 2. The monoisotopic (exact) mass is 418 g/mol. The Balaban J connectivity index is 1.72. The second-order valence-corrected chi connectivity index (χ2v) is 10.1. The molecule has 0 aliphatic heterocycles. The molecule has 0 spiro atoms. The number of fused-ring (bicyclic) bond motifs is 1. The van der Waals surface area contributed by atoms with Crippen LogP contribution in [0.25, 0.3) is 21.3 Å². The molecule has 29 heavy (non-hydrogen) atoms. The third-order valence-electron chi connectivity index (χ3n) is 5.20. The maximum atomic E-state index is 4.92. The van der Waals surface area contributed by atoms with Crippen molar-refractivity contribution in [1.29, 1.82) is 0 Å². The van der Waals surface area contributed by atoms with Crippen LogP contribution in [0.4, 0.5) is 5.69 Å². The second kappa shape index (κ2) is 8.21. The zero-order valence-corrected chi connectivity index (χ0v) is 19.2. The van der Waals surface area contributed by atoms with E-state index in [-0.39, 0.29) is 0 Å². The van der Waals surface area contributed by atoms with E-state index in [4.69, 9.17) is 9.98 Å². The van der Waals surface area contributed by atoms with Crippen molar-refractivity contribution in [2.45, 2.75) is 46.5 Å². The van der Waals surface area contributed by atoms with E-state index in [1.165, 1.54) is 31.7 Å². The van der Waals surface area contributed by atoms with E-state index in [1.807, 2.05) is 17.6 Å². The summed E-state index contributed by atoms with van der Waals surface area (Å²) in [6.45, 7) is 11.1. The van der Waals surface area contributed by atoms with Crippen molar-refractivity contribution >= 4 is 44.7 Å². The van der Waals surface area contributed by atoms with Crippen molar-refractivity contribution in [2.75, 3.05) is 0 Å². The molecule has 0 amide bonds. The van der Waals surface area contributed by atoms with E-state index >= 15 is 0 Å². The summed E-state index contributed by atoms with van der Waals surface area (Å²) in [5.74, 6) is 0.875. The van der Waals surface area contributed by atoms with Gasteiger partial charge in [0.15, 0.2) is 0 Å². The summed E-state index contributed by atoms with van der Waals surface area (Å²) in [7, 11) is 0. The summed E-state index contributed by atoms with van der Waals surface area (Å²) in [5, 5.41) is 4.39. The molecular formula is C25H26N2S2. The largest absolute Gasteiger partial charge is 0.253 e. The van der Waals surface area contributed by atoms with E-state index in [2.05, 4.69) is 82.5 Å². The number of hydrogen-bond acceptors (Lipinski definition) is 4. The van der Waals surface area contributed by atoms with Gasteiger partial charge in [-0.1, -0.05) is 64.1 Å². The fourth-order valence-electron chi connectivity index (χ4n) is 3.73. The van der Waals surface area contributed by atoms with E-state index in [0.717, 1.165) is 16.4 Å². The lowest BCUT2D eigenvalue weighted by Crippen LogP contribution is -1.95. The number of aliphatic imine (C=N–C) groups is 1. The fourth-order valence-corrected chi connectivity index (χ4v) is 5.47. The molecule has 2 aromatic carbocycles. The fraction of sp³-hybridized carbons (Fsp3) is 0.280. The normalized spacial score (nSPS) is 12.1. The SMILES string of the molecule is Cc1sc2ccccc2c1-c1csc(/C=N/c2c(C(C)C)cccc2C(C)C)n1. The first kappa shape index (κ1) is 20.0. The number of para-hydroxylation sites is 1. The smallest absolute Gasteiger partial charge is 0.135 e. The highest BCUT2D eigenvalue weighted by Crippen LogP contribution is 2.39. The minimum atomic E-state index is 0.438. The molecule has 0 unspecified atom stereocenters. The highest BCUT2D eigenvalue weighted by Gasteiger charge is 2.15. The van der Waals surface area contributed by atoms with E-state index in [1.54, 1.807) is 11.3 Å². The lowest BCUT2D eigenvalue weighted by Gasteiger charge is -2.16. The maximum Gasteiger partial charge on any atom is 0.135 e. The zero-order valence-electron chi connectivity index (χ0n) is 17.6. The summed E-state index contributed by atoms with van der Waals surface area (Å²) < 4.78 is 1.32. The van der Waals surface area contributed by atoms with Gasteiger partial charge in [0, 0.05) is 25.9 Å². The number of aryl methyl sites for hydroxylation is 1. The highest BCUT2D eigenvalue weighted by atomic mass is 32.1. The first-order chi connectivity index (χ1) is 14.0. The topological polar surface area (TPSA) is 25.2 Å². The van der Waals surface area contributed by atoms with Crippen LogP contribution in [0.1, 0.15) is 60.5 Å². The van der Waals surface area contributed by atoms with Crippen LogP contribution in [0.15, 0.2) is 52.8 Å². The molecule has 0 fully saturated rings. The van der Waals surface area contributed by atoms with Gasteiger partial charge in [-0.05, 0) is 36.0 Å². The summed E-state index contributed by atoms with van der Waals surface area (Å²) in [6, 6.07) is 15.1. The van der Waals surface area contributed by atoms with E-state index < -0.39 is 0 Å². The molecule has 4 aromatic rings. The molecule has 0 saturated carbocycles. The third kappa shape index (κ3) is 3.92. The number of thiophene rings is 1. The third-order valence-corrected chi connectivity index (χ3v) is 7.06. The Hall–Kier alpha value is -2.30. The number of thiazole rings is 1. The van der Waals surface area contributed by atoms with Crippen LogP contribution >= 0.6 is 22.7 Å². The Kier molecular flexibility index (Phi) is 5.66. The number of nitrogens with zero attached hydrogens (tertiary/aromatic N) is 2. The molecule has 2 nitrogen and oxygen atoms in total. The number of rotatable bonds is 5. The van der Waals surface area contributed by atoms with Gasteiger partial charge in [0.05, 0.1) is 17.6 Å². The lowest BCUT2D eigenvalue weighted by molar-refractivity contribution is 0.835. The van der Waals surface area contributed by atoms with Gasteiger partial charge < -0.3 is 0 Å². The van der Waals surface area contributed by atoms with Gasteiger partial charge in [-0.25, -0.2) is 4.98 Å². The Labute approximate surface area is 181 Å². The predicted molar refractivity (Wildman–Crippen MR) is 130 cm³/mol.